The molecule has 38 heavy (non-hydrogen) atoms. The van der Waals surface area contributed by atoms with Crippen molar-refractivity contribution in [3.63, 3.8) is 0 Å². The largest absolute Gasteiger partial charge is 0.481 e. The molecule has 13 heteroatoms. The summed E-state index contributed by atoms with van der Waals surface area (Å²) in [6.45, 7) is 3.61. The first-order chi connectivity index (χ1) is 17.9. The van der Waals surface area contributed by atoms with Gasteiger partial charge in [-0.1, -0.05) is 5.92 Å². The molecule has 2 saturated heterocycles. The SMILES string of the molecule is C#C[C@H]1CC[C@@H](C#N)N1C(=O)CNC1(C)CCN(c2cc(C(=O)O)ccn2)CC1.O=C(O)CC(O)C(=O)O. The highest BCUT2D eigenvalue weighted by molar-refractivity contribution is 5.88. The fourth-order valence-electron chi connectivity index (χ4n) is 4.21. The molecular weight excluding hydrogens is 498 g/mol. The van der Waals surface area contributed by atoms with Crippen LogP contribution in [0.4, 0.5) is 5.82 Å². The van der Waals surface area contributed by atoms with Gasteiger partial charge >= 0.3 is 17.9 Å². The first kappa shape index (κ1) is 30.0. The minimum Gasteiger partial charge on any atom is -0.481 e. The van der Waals surface area contributed by atoms with E-state index >= 15 is 0 Å². The summed E-state index contributed by atoms with van der Waals surface area (Å²) >= 11 is 0. The number of nitrogens with one attached hydrogen (secondary N) is 1. The maximum Gasteiger partial charge on any atom is 0.335 e. The zero-order valence-electron chi connectivity index (χ0n) is 20.9. The summed E-state index contributed by atoms with van der Waals surface area (Å²) in [4.78, 5) is 51.1. The summed E-state index contributed by atoms with van der Waals surface area (Å²) in [5.74, 6) is -0.700. The molecule has 0 saturated carbocycles. The molecule has 1 aromatic rings. The summed E-state index contributed by atoms with van der Waals surface area (Å²) in [6.07, 6.45) is 7.32. The van der Waals surface area contributed by atoms with Gasteiger partial charge in [0.1, 0.15) is 11.9 Å². The Bertz CT molecular complexity index is 1100. The number of carbonyl (C=O) groups is 4. The van der Waals surface area contributed by atoms with Crippen LogP contribution in [0, 0.1) is 23.7 Å². The van der Waals surface area contributed by atoms with Crippen LogP contribution < -0.4 is 10.2 Å². The Morgan fingerprint density at radius 2 is 1.84 bits per heavy atom. The Balaban J connectivity index is 0.000000484. The maximum atomic E-state index is 12.7. The molecule has 3 heterocycles. The number of amides is 1. The third-order valence-electron chi connectivity index (χ3n) is 6.52. The number of rotatable bonds is 8. The van der Waals surface area contributed by atoms with Crippen LogP contribution in [0.25, 0.3) is 0 Å². The van der Waals surface area contributed by atoms with Crippen molar-refractivity contribution in [3.05, 3.63) is 23.9 Å². The van der Waals surface area contributed by atoms with Crippen molar-refractivity contribution < 1.29 is 39.6 Å². The number of piperidine rings is 1. The number of likely N-dealkylation sites (tertiary alicyclic amines) is 1. The van der Waals surface area contributed by atoms with E-state index in [-0.39, 0.29) is 29.6 Å². The van der Waals surface area contributed by atoms with Gasteiger partial charge in [0.05, 0.1) is 30.6 Å². The Morgan fingerprint density at radius 3 is 2.34 bits per heavy atom. The molecule has 3 atom stereocenters. The lowest BCUT2D eigenvalue weighted by Crippen LogP contribution is -2.55. The van der Waals surface area contributed by atoms with E-state index in [2.05, 4.69) is 34.1 Å². The molecule has 1 amide bonds. The number of aromatic carboxylic acids is 1. The number of hydrogen-bond acceptors (Lipinski definition) is 9. The van der Waals surface area contributed by atoms with Gasteiger partial charge in [-0.25, -0.2) is 14.6 Å². The first-order valence-electron chi connectivity index (χ1n) is 11.9. The van der Waals surface area contributed by atoms with Crippen LogP contribution in [0.2, 0.25) is 0 Å². The Hall–Kier alpha value is -4.20. The predicted molar refractivity (Wildman–Crippen MR) is 133 cm³/mol. The number of nitriles is 1. The fraction of sp³-hybridized carbons (Fsp3) is 0.520. The van der Waals surface area contributed by atoms with E-state index in [1.807, 2.05) is 0 Å². The molecule has 0 aromatic carbocycles. The number of aliphatic hydroxyl groups is 1. The highest BCUT2D eigenvalue weighted by Crippen LogP contribution is 2.27. The van der Waals surface area contributed by atoms with Crippen molar-refractivity contribution in [1.29, 1.82) is 5.26 Å². The van der Waals surface area contributed by atoms with Crippen molar-refractivity contribution >= 4 is 29.6 Å². The van der Waals surface area contributed by atoms with E-state index in [0.29, 0.717) is 31.7 Å². The monoisotopic (exact) mass is 529 g/mol. The second-order valence-corrected chi connectivity index (χ2v) is 9.27. The number of aliphatic carboxylic acids is 2. The molecule has 0 radical (unpaired) electrons. The van der Waals surface area contributed by atoms with E-state index in [9.17, 15) is 24.4 Å². The molecule has 1 aromatic heterocycles. The Labute approximate surface area is 219 Å². The van der Waals surface area contributed by atoms with Gasteiger partial charge in [-0.3, -0.25) is 9.59 Å². The minimum absolute atomic E-state index is 0.139. The topological polar surface area (TPSA) is 204 Å². The van der Waals surface area contributed by atoms with Crippen LogP contribution in [0.1, 0.15) is 49.4 Å². The number of aliphatic hydroxyl groups excluding tert-OH is 1. The predicted octanol–water partition coefficient (Wildman–Crippen LogP) is 0.151. The smallest absolute Gasteiger partial charge is 0.335 e. The molecule has 0 bridgehead atoms. The van der Waals surface area contributed by atoms with Crippen LogP contribution in [0.15, 0.2) is 18.3 Å². The second-order valence-electron chi connectivity index (χ2n) is 9.27. The third-order valence-corrected chi connectivity index (χ3v) is 6.52. The second kappa shape index (κ2) is 13.4. The molecule has 13 nitrogen and oxygen atoms in total. The van der Waals surface area contributed by atoms with Gasteiger partial charge in [0.2, 0.25) is 5.91 Å². The molecule has 0 spiro atoms. The van der Waals surface area contributed by atoms with Crippen LogP contribution >= 0.6 is 0 Å². The zero-order valence-corrected chi connectivity index (χ0v) is 20.9. The van der Waals surface area contributed by atoms with Gasteiger partial charge in [-0.05, 0) is 44.7 Å². The fourth-order valence-corrected chi connectivity index (χ4v) is 4.21. The summed E-state index contributed by atoms with van der Waals surface area (Å²) in [7, 11) is 0. The highest BCUT2D eigenvalue weighted by Gasteiger charge is 2.37. The van der Waals surface area contributed by atoms with Gasteiger partial charge in [0.25, 0.3) is 0 Å². The van der Waals surface area contributed by atoms with Crippen molar-refractivity contribution in [3.8, 4) is 18.4 Å². The van der Waals surface area contributed by atoms with Crippen molar-refractivity contribution in [2.75, 3.05) is 24.5 Å². The van der Waals surface area contributed by atoms with Crippen LogP contribution in [-0.4, -0.2) is 97.5 Å². The van der Waals surface area contributed by atoms with Crippen molar-refractivity contribution in [2.45, 2.75) is 62.8 Å². The highest BCUT2D eigenvalue weighted by atomic mass is 16.4. The lowest BCUT2D eigenvalue weighted by atomic mass is 9.89. The summed E-state index contributed by atoms with van der Waals surface area (Å²) in [6, 6.07) is 4.47. The molecule has 3 rings (SSSR count). The van der Waals surface area contributed by atoms with E-state index in [4.69, 9.17) is 26.8 Å². The number of carbonyl (C=O) groups excluding carboxylic acids is 1. The molecule has 0 aliphatic carbocycles. The lowest BCUT2D eigenvalue weighted by Gasteiger charge is -2.41. The van der Waals surface area contributed by atoms with E-state index in [0.717, 1.165) is 12.8 Å². The van der Waals surface area contributed by atoms with E-state index in [1.54, 1.807) is 6.07 Å². The normalized spacial score (nSPS) is 20.7. The minimum atomic E-state index is -1.79. The molecule has 1 unspecified atom stereocenters. The quantitative estimate of drug-likeness (QED) is 0.286. The molecular formula is C25H31N5O8. The Kier molecular flexibility index (Phi) is 10.6. The van der Waals surface area contributed by atoms with Crippen LogP contribution in [0.5, 0.6) is 0 Å². The molecule has 2 aliphatic heterocycles. The molecule has 2 fully saturated rings. The van der Waals surface area contributed by atoms with E-state index < -0.39 is 36.5 Å². The third kappa shape index (κ3) is 8.16. The lowest BCUT2D eigenvalue weighted by molar-refractivity contribution is -0.152. The number of carboxylic acid groups (broad SMARTS) is 3. The van der Waals surface area contributed by atoms with Gasteiger partial charge in [-0.15, -0.1) is 6.42 Å². The van der Waals surface area contributed by atoms with Crippen LogP contribution in [-0.2, 0) is 14.4 Å². The van der Waals surface area contributed by atoms with Crippen LogP contribution in [0.3, 0.4) is 0 Å². The van der Waals surface area contributed by atoms with Gasteiger partial charge in [-0.2, -0.15) is 5.26 Å². The van der Waals surface area contributed by atoms with Gasteiger partial charge in [0, 0.05) is 24.8 Å². The summed E-state index contributed by atoms with van der Waals surface area (Å²) < 4.78 is 0. The zero-order chi connectivity index (χ0) is 28.5. The number of carboxylic acids is 3. The first-order valence-corrected chi connectivity index (χ1v) is 11.9. The number of pyridine rings is 1. The number of anilines is 1. The maximum absolute atomic E-state index is 12.7. The Morgan fingerprint density at radius 1 is 1.21 bits per heavy atom. The standard InChI is InChI=1S/C21H25N5O3.C4H6O5/c1-3-16-4-5-17(13-22)26(16)19(27)14-24-21(2)7-10-25(11-8-21)18-12-15(20(28)29)6-9-23-18;5-2(4(8)9)1-3(6)7/h1,6,9,12,16-17,24H,4-5,7-8,10-11,14H2,2H3,(H,28,29);2,5H,1H2,(H,6,7)(H,8,9)/t16-,17-;/m0./s1. The van der Waals surface area contributed by atoms with Gasteiger partial charge < -0.3 is 35.5 Å². The number of aromatic nitrogens is 1. The molecule has 2 aliphatic rings. The molecule has 204 valence electrons. The average Bonchev–Trinajstić information content (AvgIpc) is 3.31. The summed E-state index contributed by atoms with van der Waals surface area (Å²) in [5, 5.41) is 45.9. The van der Waals surface area contributed by atoms with Crippen molar-refractivity contribution in [1.82, 2.24) is 15.2 Å². The van der Waals surface area contributed by atoms with E-state index in [1.165, 1.54) is 17.2 Å². The molecule has 5 N–H and O–H groups in total. The number of nitrogens with zero attached hydrogens (tertiary/aromatic N) is 4. The number of terminal acetylenes is 1. The summed E-state index contributed by atoms with van der Waals surface area (Å²) in [5.41, 5.74) is -0.0165. The average molecular weight is 530 g/mol. The number of hydrogen-bond donors (Lipinski definition) is 5. The van der Waals surface area contributed by atoms with Gasteiger partial charge in [0.15, 0.2) is 6.10 Å². The van der Waals surface area contributed by atoms with Crippen molar-refractivity contribution in [2.24, 2.45) is 0 Å².